The molecule has 1 N–H and O–H groups in total. The maximum Gasteiger partial charge on any atom is 0.293 e. The molecule has 0 spiro atoms. The van der Waals surface area contributed by atoms with Gasteiger partial charge in [0, 0.05) is 18.3 Å². The molecule has 0 fully saturated rings. The molecule has 2 rings (SSSR count). The zero-order valence-corrected chi connectivity index (χ0v) is 11.3. The molecule has 2 aromatic rings. The molecule has 0 amide bonds. The Hall–Kier alpha value is -2.30. The van der Waals surface area contributed by atoms with E-state index in [1.807, 2.05) is 36.9 Å². The third kappa shape index (κ3) is 4.46. The molecular formula is C14H18N2O3. The zero-order chi connectivity index (χ0) is 14.3. The van der Waals surface area contributed by atoms with Crippen molar-refractivity contribution in [2.45, 2.75) is 13.8 Å². The number of hydrogen-bond acceptors (Lipinski definition) is 4. The molecule has 0 aliphatic carbocycles. The van der Waals surface area contributed by atoms with E-state index in [9.17, 15) is 4.79 Å². The van der Waals surface area contributed by atoms with E-state index >= 15 is 0 Å². The van der Waals surface area contributed by atoms with Crippen LogP contribution in [0.1, 0.15) is 12.6 Å². The fraction of sp³-hybridized carbons (Fsp3) is 0.286. The van der Waals surface area contributed by atoms with Crippen molar-refractivity contribution >= 4 is 6.47 Å². The van der Waals surface area contributed by atoms with Crippen molar-refractivity contribution in [3.8, 4) is 17.0 Å². The van der Waals surface area contributed by atoms with E-state index in [0.29, 0.717) is 13.1 Å². The highest BCUT2D eigenvalue weighted by atomic mass is 16.5. The van der Waals surface area contributed by atoms with Crippen LogP contribution >= 0.6 is 0 Å². The molecule has 1 aromatic carbocycles. The molecule has 19 heavy (non-hydrogen) atoms. The van der Waals surface area contributed by atoms with Crippen LogP contribution in [0.3, 0.4) is 0 Å². The molecule has 0 aliphatic rings. The number of phenolic OH excluding ortho intramolecular Hbond substituents is 1. The van der Waals surface area contributed by atoms with E-state index in [1.54, 1.807) is 19.1 Å². The van der Waals surface area contributed by atoms with Gasteiger partial charge in [0.2, 0.25) is 0 Å². The lowest BCUT2D eigenvalue weighted by Gasteiger charge is -1.95. The highest BCUT2D eigenvalue weighted by molar-refractivity contribution is 5.60. The van der Waals surface area contributed by atoms with Gasteiger partial charge in [-0.3, -0.25) is 9.48 Å². The minimum atomic E-state index is 0.279. The number of ether oxygens (including phenoxy) is 1. The van der Waals surface area contributed by atoms with E-state index in [-0.39, 0.29) is 5.75 Å². The summed E-state index contributed by atoms with van der Waals surface area (Å²) >= 11 is 0. The monoisotopic (exact) mass is 262 g/mol. The lowest BCUT2D eigenvalue weighted by atomic mass is 10.1. The molecule has 0 atom stereocenters. The summed E-state index contributed by atoms with van der Waals surface area (Å²) in [5.74, 6) is 0.279. The molecule has 1 heterocycles. The summed E-state index contributed by atoms with van der Waals surface area (Å²) in [7, 11) is 1.92. The predicted octanol–water partition coefficient (Wildman–Crippen LogP) is 2.28. The van der Waals surface area contributed by atoms with Gasteiger partial charge >= 0.3 is 0 Å². The number of carbonyl (C=O) groups excluding carboxylic acids is 1. The summed E-state index contributed by atoms with van der Waals surface area (Å²) in [5, 5.41) is 13.5. The van der Waals surface area contributed by atoms with Crippen LogP contribution in [-0.4, -0.2) is 28.0 Å². The maximum absolute atomic E-state index is 9.18. The Morgan fingerprint density at radius 2 is 2.00 bits per heavy atom. The lowest BCUT2D eigenvalue weighted by Crippen LogP contribution is -1.92. The van der Waals surface area contributed by atoms with Gasteiger partial charge in [0.05, 0.1) is 12.3 Å². The molecule has 0 radical (unpaired) electrons. The Morgan fingerprint density at radius 1 is 1.37 bits per heavy atom. The van der Waals surface area contributed by atoms with Crippen molar-refractivity contribution < 1.29 is 14.6 Å². The van der Waals surface area contributed by atoms with E-state index in [2.05, 4.69) is 9.84 Å². The molecule has 5 nitrogen and oxygen atoms in total. The summed E-state index contributed by atoms with van der Waals surface area (Å²) < 4.78 is 5.99. The molecule has 0 unspecified atom stereocenters. The molecular weight excluding hydrogens is 244 g/mol. The van der Waals surface area contributed by atoms with Crippen molar-refractivity contribution in [3.63, 3.8) is 0 Å². The fourth-order valence-corrected chi connectivity index (χ4v) is 1.40. The number of rotatable bonds is 3. The Balaban J connectivity index is 0.000000312. The van der Waals surface area contributed by atoms with Gasteiger partial charge in [-0.2, -0.15) is 5.10 Å². The molecule has 5 heteroatoms. The standard InChI is InChI=1S/C11H12N2O.C3H6O2/c1-8-7-11(12-13(8)2)9-3-5-10(14)6-4-9;1-2-5-3-4/h3-7,14H,1-2H3;3H,2H2,1H3. The Morgan fingerprint density at radius 3 is 2.37 bits per heavy atom. The van der Waals surface area contributed by atoms with Gasteiger partial charge < -0.3 is 9.84 Å². The molecule has 0 bridgehead atoms. The number of aromatic hydroxyl groups is 1. The first-order chi connectivity index (χ1) is 9.08. The minimum absolute atomic E-state index is 0.279. The number of benzene rings is 1. The number of hydrogen-bond donors (Lipinski definition) is 1. The second-order valence-corrected chi connectivity index (χ2v) is 3.89. The quantitative estimate of drug-likeness (QED) is 0.862. The largest absolute Gasteiger partial charge is 0.508 e. The van der Waals surface area contributed by atoms with Gasteiger partial charge in [0.1, 0.15) is 5.75 Å². The average molecular weight is 262 g/mol. The van der Waals surface area contributed by atoms with Crippen LogP contribution in [0.4, 0.5) is 0 Å². The second-order valence-electron chi connectivity index (χ2n) is 3.89. The van der Waals surface area contributed by atoms with Gasteiger partial charge in [-0.15, -0.1) is 0 Å². The summed E-state index contributed by atoms with van der Waals surface area (Å²) in [4.78, 5) is 9.18. The van der Waals surface area contributed by atoms with E-state index in [1.165, 1.54) is 0 Å². The smallest absolute Gasteiger partial charge is 0.293 e. The summed E-state index contributed by atoms with van der Waals surface area (Å²) in [6.45, 7) is 4.68. The van der Waals surface area contributed by atoms with Crippen molar-refractivity contribution in [2.75, 3.05) is 6.61 Å². The molecule has 102 valence electrons. The topological polar surface area (TPSA) is 64.3 Å². The van der Waals surface area contributed by atoms with Crippen LogP contribution in [0.25, 0.3) is 11.3 Å². The van der Waals surface area contributed by atoms with E-state index in [4.69, 9.17) is 5.11 Å². The van der Waals surface area contributed by atoms with Crippen LogP contribution in [0.2, 0.25) is 0 Å². The Bertz CT molecular complexity index is 498. The van der Waals surface area contributed by atoms with Crippen molar-refractivity contribution in [1.82, 2.24) is 9.78 Å². The van der Waals surface area contributed by atoms with Gasteiger partial charge in [-0.25, -0.2) is 0 Å². The van der Waals surface area contributed by atoms with Gasteiger partial charge in [0.25, 0.3) is 6.47 Å². The average Bonchev–Trinajstić information content (AvgIpc) is 2.72. The van der Waals surface area contributed by atoms with Crippen molar-refractivity contribution in [1.29, 1.82) is 0 Å². The predicted molar refractivity (Wildman–Crippen MR) is 72.7 cm³/mol. The van der Waals surface area contributed by atoms with Gasteiger partial charge in [0.15, 0.2) is 0 Å². The summed E-state index contributed by atoms with van der Waals surface area (Å²) in [6, 6.07) is 9.07. The van der Waals surface area contributed by atoms with Gasteiger partial charge in [-0.1, -0.05) is 0 Å². The third-order valence-electron chi connectivity index (χ3n) is 2.51. The third-order valence-corrected chi connectivity index (χ3v) is 2.51. The van der Waals surface area contributed by atoms with Crippen LogP contribution < -0.4 is 0 Å². The molecule has 0 saturated heterocycles. The van der Waals surface area contributed by atoms with E-state index < -0.39 is 0 Å². The fourth-order valence-electron chi connectivity index (χ4n) is 1.40. The SMILES string of the molecule is CCOC=O.Cc1cc(-c2ccc(O)cc2)nn1C. The van der Waals surface area contributed by atoms with Gasteiger partial charge in [-0.05, 0) is 44.2 Å². The second kappa shape index (κ2) is 7.20. The van der Waals surface area contributed by atoms with Crippen LogP contribution in [0.15, 0.2) is 30.3 Å². The Labute approximate surface area is 112 Å². The first kappa shape index (κ1) is 14.8. The first-order valence-electron chi connectivity index (χ1n) is 5.93. The van der Waals surface area contributed by atoms with Crippen molar-refractivity contribution in [3.05, 3.63) is 36.0 Å². The highest BCUT2D eigenvalue weighted by Crippen LogP contribution is 2.20. The van der Waals surface area contributed by atoms with Crippen LogP contribution in [0.5, 0.6) is 5.75 Å². The molecule has 1 aromatic heterocycles. The zero-order valence-electron chi connectivity index (χ0n) is 11.3. The Kier molecular flexibility index (Phi) is 5.60. The minimum Gasteiger partial charge on any atom is -0.508 e. The van der Waals surface area contributed by atoms with Crippen molar-refractivity contribution in [2.24, 2.45) is 7.05 Å². The number of aryl methyl sites for hydroxylation is 2. The lowest BCUT2D eigenvalue weighted by molar-refractivity contribution is -0.128. The molecule has 0 saturated carbocycles. The number of phenols is 1. The van der Waals surface area contributed by atoms with Crippen LogP contribution in [0, 0.1) is 6.92 Å². The number of carbonyl (C=O) groups is 1. The normalized spacial score (nSPS) is 9.42. The van der Waals surface area contributed by atoms with E-state index in [0.717, 1.165) is 17.0 Å². The maximum atomic E-state index is 9.18. The highest BCUT2D eigenvalue weighted by Gasteiger charge is 2.03. The molecule has 0 aliphatic heterocycles. The first-order valence-corrected chi connectivity index (χ1v) is 5.93. The van der Waals surface area contributed by atoms with Crippen LogP contribution in [-0.2, 0) is 16.6 Å². The number of nitrogens with zero attached hydrogens (tertiary/aromatic N) is 2. The summed E-state index contributed by atoms with van der Waals surface area (Å²) in [6.07, 6.45) is 0. The summed E-state index contributed by atoms with van der Waals surface area (Å²) in [5.41, 5.74) is 3.07. The number of aromatic nitrogens is 2.